The number of unbranched alkanes of at least 4 members (excludes halogenated alkanes) is 15. The molecule has 0 saturated heterocycles. The van der Waals surface area contributed by atoms with Gasteiger partial charge in [0, 0.05) is 19.4 Å². The lowest BCUT2D eigenvalue weighted by Gasteiger charge is -2.28. The van der Waals surface area contributed by atoms with E-state index in [1.54, 1.807) is 0 Å². The van der Waals surface area contributed by atoms with Gasteiger partial charge < -0.3 is 33.0 Å². The van der Waals surface area contributed by atoms with Crippen LogP contribution in [0.3, 0.4) is 0 Å². The molecule has 42 heavy (non-hydrogen) atoms. The van der Waals surface area contributed by atoms with Crippen molar-refractivity contribution in [1.82, 2.24) is 0 Å². The van der Waals surface area contributed by atoms with E-state index in [-0.39, 0.29) is 32.7 Å². The van der Waals surface area contributed by atoms with Gasteiger partial charge in [-0.2, -0.15) is 0 Å². The lowest BCUT2D eigenvalue weighted by Crippen LogP contribution is -2.37. The highest BCUT2D eigenvalue weighted by Crippen LogP contribution is 2.38. The molecule has 0 bridgehead atoms. The Hall–Kier alpha value is -1.03. The van der Waals surface area contributed by atoms with Crippen molar-refractivity contribution in [2.24, 2.45) is 0 Å². The van der Waals surface area contributed by atoms with Gasteiger partial charge in [-0.25, -0.2) is 0 Å². The van der Waals surface area contributed by atoms with Gasteiger partial charge in [-0.3, -0.25) is 14.2 Å². The van der Waals surface area contributed by atoms with Gasteiger partial charge >= 0.3 is 11.9 Å². The van der Waals surface area contributed by atoms with Crippen LogP contribution in [0.1, 0.15) is 129 Å². The predicted octanol–water partition coefficient (Wildman–Crippen LogP) is 6.07. The van der Waals surface area contributed by atoms with E-state index >= 15 is 0 Å². The number of aliphatic hydroxyl groups excluding tert-OH is 1. The first-order valence-electron chi connectivity index (χ1n) is 16.4. The van der Waals surface area contributed by atoms with Crippen LogP contribution in [0, 0.1) is 0 Å². The largest absolute Gasteiger partial charge is 0.756 e. The number of carbonyl (C=O) groups excluding carboxylic acids is 2. The number of likely N-dealkylation sites (N-methyl/N-ethyl adjacent to an activating group) is 1. The molecule has 1 N–H and O–H groups in total. The summed E-state index contributed by atoms with van der Waals surface area (Å²) >= 11 is 0. The molecular weight excluding hydrogens is 561 g/mol. The molecule has 0 heterocycles. The van der Waals surface area contributed by atoms with Crippen molar-refractivity contribution in [2.75, 3.05) is 54.1 Å². The molecule has 0 fully saturated rings. The first-order chi connectivity index (χ1) is 20.0. The van der Waals surface area contributed by atoms with Gasteiger partial charge in [0.1, 0.15) is 19.8 Å². The lowest BCUT2D eigenvalue weighted by atomic mass is 10.0. The number of phosphoric acid groups is 1. The fraction of sp³-hybridized carbons (Fsp3) is 0.935. The first kappa shape index (κ1) is 41.0. The molecule has 2 atom stereocenters. The van der Waals surface area contributed by atoms with E-state index < -0.39 is 32.5 Å². The summed E-state index contributed by atoms with van der Waals surface area (Å²) in [6, 6.07) is 0. The van der Waals surface area contributed by atoms with Crippen LogP contribution in [0.15, 0.2) is 0 Å². The molecule has 10 nitrogen and oxygen atoms in total. The molecule has 0 amide bonds. The molecule has 0 radical (unpaired) electrons. The van der Waals surface area contributed by atoms with E-state index in [0.717, 1.165) is 32.1 Å². The van der Waals surface area contributed by atoms with E-state index in [9.17, 15) is 19.0 Å². The maximum Gasteiger partial charge on any atom is 0.306 e. The van der Waals surface area contributed by atoms with Gasteiger partial charge in [0.25, 0.3) is 7.82 Å². The van der Waals surface area contributed by atoms with Gasteiger partial charge in [-0.1, -0.05) is 96.8 Å². The highest BCUT2D eigenvalue weighted by atomic mass is 31.2. The van der Waals surface area contributed by atoms with E-state index in [4.69, 9.17) is 23.6 Å². The number of hydrogen-bond acceptors (Lipinski definition) is 9. The summed E-state index contributed by atoms with van der Waals surface area (Å²) < 4.78 is 33.2. The van der Waals surface area contributed by atoms with Crippen LogP contribution < -0.4 is 4.89 Å². The Morgan fingerprint density at radius 3 is 1.69 bits per heavy atom. The van der Waals surface area contributed by atoms with Crippen LogP contribution in [-0.4, -0.2) is 81.7 Å². The van der Waals surface area contributed by atoms with Crippen LogP contribution in [0.5, 0.6) is 0 Å². The molecule has 0 saturated carbocycles. The summed E-state index contributed by atoms with van der Waals surface area (Å²) in [4.78, 5) is 36.7. The third kappa shape index (κ3) is 29.1. The quantitative estimate of drug-likeness (QED) is 0.0438. The predicted molar refractivity (Wildman–Crippen MR) is 164 cm³/mol. The minimum Gasteiger partial charge on any atom is -0.756 e. The fourth-order valence-electron chi connectivity index (χ4n) is 4.28. The van der Waals surface area contributed by atoms with Gasteiger partial charge in [-0.15, -0.1) is 0 Å². The number of esters is 2. The van der Waals surface area contributed by atoms with Crippen molar-refractivity contribution >= 4 is 19.8 Å². The third-order valence-corrected chi connectivity index (χ3v) is 7.90. The average molecular weight is 624 g/mol. The summed E-state index contributed by atoms with van der Waals surface area (Å²) in [7, 11) is 1.11. The second-order valence-corrected chi connectivity index (χ2v) is 13.7. The molecule has 0 aliphatic carbocycles. The third-order valence-electron chi connectivity index (χ3n) is 6.93. The molecule has 0 aromatic heterocycles. The Morgan fingerprint density at radius 1 is 0.714 bits per heavy atom. The fourth-order valence-corrected chi connectivity index (χ4v) is 5.01. The van der Waals surface area contributed by atoms with Gasteiger partial charge in [0.15, 0.2) is 6.10 Å². The Balaban J connectivity index is 4.34. The Morgan fingerprint density at radius 2 is 1.19 bits per heavy atom. The number of hydrogen-bond donors (Lipinski definition) is 1. The number of phosphoric ester groups is 1. The molecule has 0 aromatic carbocycles. The number of nitrogens with zero attached hydrogens (tertiary/aromatic N) is 1. The number of ether oxygens (including phenoxy) is 2. The molecule has 0 aromatic rings. The monoisotopic (exact) mass is 623 g/mol. The molecule has 0 rings (SSSR count). The summed E-state index contributed by atoms with van der Waals surface area (Å²) in [5.41, 5.74) is 0. The van der Waals surface area contributed by atoms with E-state index in [1.165, 1.54) is 64.2 Å². The molecule has 0 aliphatic rings. The molecular formula is C31H62NO9P. The highest BCUT2D eigenvalue weighted by molar-refractivity contribution is 7.45. The van der Waals surface area contributed by atoms with E-state index in [0.29, 0.717) is 23.9 Å². The van der Waals surface area contributed by atoms with Crippen molar-refractivity contribution in [3.63, 3.8) is 0 Å². The maximum absolute atomic E-state index is 12.3. The van der Waals surface area contributed by atoms with Crippen LogP contribution in [0.25, 0.3) is 0 Å². The zero-order valence-electron chi connectivity index (χ0n) is 27.2. The molecule has 1 unspecified atom stereocenters. The molecule has 250 valence electrons. The summed E-state index contributed by atoms with van der Waals surface area (Å²) in [5, 5.41) is 8.86. The summed E-state index contributed by atoms with van der Waals surface area (Å²) in [6.45, 7) is 1.99. The number of rotatable bonds is 30. The SMILES string of the molecule is CCCCCCCCCCCCCCCC(=O)OC[C@H](COP(=O)([O-])OCC[N+](C)(C)C)OC(=O)CCCCCCO. The summed E-state index contributed by atoms with van der Waals surface area (Å²) in [5.74, 6) is -0.931. The van der Waals surface area contributed by atoms with Crippen LogP contribution >= 0.6 is 7.82 Å². The topological polar surface area (TPSA) is 131 Å². The van der Waals surface area contributed by atoms with Crippen molar-refractivity contribution in [3.8, 4) is 0 Å². The van der Waals surface area contributed by atoms with Crippen molar-refractivity contribution in [2.45, 2.75) is 135 Å². The van der Waals surface area contributed by atoms with Crippen LogP contribution in [0.2, 0.25) is 0 Å². The van der Waals surface area contributed by atoms with Gasteiger partial charge in [-0.05, 0) is 19.3 Å². The highest BCUT2D eigenvalue weighted by Gasteiger charge is 2.21. The van der Waals surface area contributed by atoms with E-state index in [1.807, 2.05) is 21.1 Å². The molecule has 11 heteroatoms. The zero-order chi connectivity index (χ0) is 31.5. The van der Waals surface area contributed by atoms with E-state index in [2.05, 4.69) is 6.92 Å². The Bertz CT molecular complexity index is 715. The first-order valence-corrected chi connectivity index (χ1v) is 17.8. The van der Waals surface area contributed by atoms with Crippen LogP contribution in [-0.2, 0) is 32.7 Å². The zero-order valence-corrected chi connectivity index (χ0v) is 28.0. The van der Waals surface area contributed by atoms with Gasteiger partial charge in [0.2, 0.25) is 0 Å². The maximum atomic E-state index is 12.3. The van der Waals surface area contributed by atoms with Crippen molar-refractivity contribution in [1.29, 1.82) is 0 Å². The smallest absolute Gasteiger partial charge is 0.306 e. The lowest BCUT2D eigenvalue weighted by molar-refractivity contribution is -0.870. The summed E-state index contributed by atoms with van der Waals surface area (Å²) in [6.07, 6.45) is 18.0. The second-order valence-electron chi connectivity index (χ2n) is 12.3. The molecule has 0 spiro atoms. The number of aliphatic hydroxyl groups is 1. The normalized spacial score (nSPS) is 14.0. The minimum absolute atomic E-state index is 0.0450. The minimum atomic E-state index is -4.62. The second kappa shape index (κ2) is 26.4. The van der Waals surface area contributed by atoms with Crippen LogP contribution in [0.4, 0.5) is 0 Å². The van der Waals surface area contributed by atoms with Crippen molar-refractivity contribution < 1.29 is 47.2 Å². The molecule has 0 aliphatic heterocycles. The number of carbonyl (C=O) groups is 2. The number of quaternary nitrogens is 1. The Kier molecular flexibility index (Phi) is 25.7. The standard InChI is InChI=1S/C31H62NO9P/c1-5-6-7-8-9-10-11-12-13-14-15-16-19-22-30(34)38-27-29(41-31(35)23-20-17-18-21-25-33)28-40-42(36,37)39-26-24-32(2,3)4/h29,33H,5-28H2,1-4H3/t29-/m1/s1. The van der Waals surface area contributed by atoms with Gasteiger partial charge in [0.05, 0.1) is 27.7 Å². The average Bonchev–Trinajstić information content (AvgIpc) is 2.91. The Labute approximate surface area is 256 Å². The van der Waals surface area contributed by atoms with Crippen molar-refractivity contribution in [3.05, 3.63) is 0 Å².